The van der Waals surface area contributed by atoms with Crippen LogP contribution in [0, 0.1) is 0 Å². The Bertz CT molecular complexity index is 2820. The Morgan fingerprint density at radius 1 is 0.273 bits per heavy atom. The molecule has 0 spiro atoms. The molecule has 0 unspecified atom stereocenters. The van der Waals surface area contributed by atoms with Crippen LogP contribution in [0.4, 0.5) is 0 Å². The second kappa shape index (κ2) is 13.8. The zero-order valence-electron chi connectivity index (χ0n) is 29.8. The highest BCUT2D eigenvalue weighted by Gasteiger charge is 2.22. The molecule has 0 saturated carbocycles. The van der Waals surface area contributed by atoms with Gasteiger partial charge in [0.05, 0.1) is 0 Å². The van der Waals surface area contributed by atoms with E-state index >= 15 is 0 Å². The molecule has 0 atom stereocenters. The van der Waals surface area contributed by atoms with Crippen LogP contribution in [-0.2, 0) is 0 Å². The highest BCUT2D eigenvalue weighted by molar-refractivity contribution is 6.15. The lowest BCUT2D eigenvalue weighted by atomic mass is 9.93. The van der Waals surface area contributed by atoms with E-state index in [0.717, 1.165) is 77.6 Å². The van der Waals surface area contributed by atoms with Crippen LogP contribution in [0.1, 0.15) is 0 Å². The molecule has 258 valence electrons. The predicted molar refractivity (Wildman–Crippen MR) is 225 cm³/mol. The number of benzene rings is 8. The average molecular weight is 704 g/mol. The zero-order valence-corrected chi connectivity index (χ0v) is 29.8. The number of aromatic nitrogens is 3. The van der Waals surface area contributed by atoms with Crippen LogP contribution < -0.4 is 0 Å². The summed E-state index contributed by atoms with van der Waals surface area (Å²) < 4.78 is 6.45. The summed E-state index contributed by atoms with van der Waals surface area (Å²) in [6.45, 7) is 0. The molecule has 10 rings (SSSR count). The summed E-state index contributed by atoms with van der Waals surface area (Å²) in [4.78, 5) is 15.7. The Morgan fingerprint density at radius 2 is 0.655 bits per heavy atom. The molecule has 55 heavy (non-hydrogen) atoms. The average Bonchev–Trinajstić information content (AvgIpc) is 3.66. The first kappa shape index (κ1) is 32.2. The third-order valence-electron chi connectivity index (χ3n) is 10.2. The molecule has 0 aliphatic rings. The molecule has 0 aliphatic carbocycles. The van der Waals surface area contributed by atoms with E-state index in [4.69, 9.17) is 19.4 Å². The molecule has 4 nitrogen and oxygen atoms in total. The minimum atomic E-state index is 0.582. The summed E-state index contributed by atoms with van der Waals surface area (Å²) in [7, 11) is 0. The van der Waals surface area contributed by atoms with E-state index in [1.165, 1.54) is 5.56 Å². The number of nitrogens with zero attached hydrogens (tertiary/aromatic N) is 3. The number of hydrogen-bond acceptors (Lipinski definition) is 4. The van der Waals surface area contributed by atoms with E-state index in [0.29, 0.717) is 17.5 Å². The topological polar surface area (TPSA) is 51.8 Å². The maximum Gasteiger partial charge on any atom is 0.165 e. The van der Waals surface area contributed by atoms with E-state index in [1.54, 1.807) is 0 Å². The largest absolute Gasteiger partial charge is 0.456 e. The van der Waals surface area contributed by atoms with Gasteiger partial charge in [0.2, 0.25) is 0 Å². The van der Waals surface area contributed by atoms with Crippen molar-refractivity contribution < 1.29 is 4.42 Å². The normalized spacial score (nSPS) is 11.3. The number of rotatable bonds is 7. The van der Waals surface area contributed by atoms with Crippen LogP contribution in [0.15, 0.2) is 205 Å². The third-order valence-corrected chi connectivity index (χ3v) is 10.2. The summed E-state index contributed by atoms with van der Waals surface area (Å²) in [5.74, 6) is 1.78. The van der Waals surface area contributed by atoms with Crippen molar-refractivity contribution in [2.24, 2.45) is 0 Å². The van der Waals surface area contributed by atoms with Crippen LogP contribution in [0.3, 0.4) is 0 Å². The van der Waals surface area contributed by atoms with Gasteiger partial charge >= 0.3 is 0 Å². The number of hydrogen-bond donors (Lipinski definition) is 0. The fourth-order valence-electron chi connectivity index (χ4n) is 7.39. The Hall–Kier alpha value is -7.43. The van der Waals surface area contributed by atoms with Crippen molar-refractivity contribution in [1.29, 1.82) is 0 Å². The van der Waals surface area contributed by atoms with Gasteiger partial charge in [-0.25, -0.2) is 15.0 Å². The third kappa shape index (κ3) is 6.16. The predicted octanol–water partition coefficient (Wildman–Crippen LogP) is 13.4. The second-order valence-electron chi connectivity index (χ2n) is 13.6. The van der Waals surface area contributed by atoms with Crippen LogP contribution in [0.25, 0.3) is 101 Å². The summed E-state index contributed by atoms with van der Waals surface area (Å²) >= 11 is 0. The summed E-state index contributed by atoms with van der Waals surface area (Å²) in [5.41, 5.74) is 13.3. The minimum Gasteiger partial charge on any atom is -0.456 e. The molecule has 0 saturated heterocycles. The van der Waals surface area contributed by atoms with Crippen molar-refractivity contribution >= 4 is 21.9 Å². The van der Waals surface area contributed by atoms with Gasteiger partial charge in [0.1, 0.15) is 11.2 Å². The Kier molecular flexibility index (Phi) is 8.12. The van der Waals surface area contributed by atoms with Gasteiger partial charge in [0.25, 0.3) is 0 Å². The molecular formula is C51H33N3O. The first-order valence-corrected chi connectivity index (χ1v) is 18.4. The highest BCUT2D eigenvalue weighted by Crippen LogP contribution is 2.43. The molecule has 10 aromatic rings. The molecule has 0 aliphatic heterocycles. The van der Waals surface area contributed by atoms with Gasteiger partial charge < -0.3 is 4.42 Å². The summed E-state index contributed by atoms with van der Waals surface area (Å²) in [6, 6.07) is 69.3. The SMILES string of the molecule is c1ccc(-c2ccc(-c3nc(-c4ccc(-c5ccccc5)cc4)nc(-c4c(-c5ccc(-c6ccccc6)cc5)ccc5oc6ccccc6c45)n3)cc2)cc1. The van der Waals surface area contributed by atoms with E-state index in [1.807, 2.05) is 30.3 Å². The van der Waals surface area contributed by atoms with Crippen LogP contribution in [-0.4, -0.2) is 15.0 Å². The molecule has 0 N–H and O–H groups in total. The van der Waals surface area contributed by atoms with Crippen LogP contribution in [0.5, 0.6) is 0 Å². The van der Waals surface area contributed by atoms with Crippen molar-refractivity contribution in [3.05, 3.63) is 200 Å². The lowest BCUT2D eigenvalue weighted by Gasteiger charge is -2.14. The number of fused-ring (bicyclic) bond motifs is 3. The second-order valence-corrected chi connectivity index (χ2v) is 13.6. The van der Waals surface area contributed by atoms with Crippen molar-refractivity contribution in [2.45, 2.75) is 0 Å². The monoisotopic (exact) mass is 703 g/mol. The van der Waals surface area contributed by atoms with E-state index in [9.17, 15) is 0 Å². The highest BCUT2D eigenvalue weighted by atomic mass is 16.3. The van der Waals surface area contributed by atoms with E-state index < -0.39 is 0 Å². The molecule has 0 radical (unpaired) electrons. The standard InChI is InChI=1S/C51H33N3O/c1-4-12-34(13-5-1)37-20-26-40(27-21-37)43-32-33-46-47(44-18-10-11-19-45(44)55-46)48(43)51-53-49(41-28-22-38(23-29-41)35-14-6-2-7-15-35)52-50(54-51)42-30-24-39(25-31-42)36-16-8-3-9-17-36/h1-33H. The Labute approximate surface area is 319 Å². The van der Waals surface area contributed by atoms with Crippen molar-refractivity contribution in [3.63, 3.8) is 0 Å². The fourth-order valence-corrected chi connectivity index (χ4v) is 7.39. The molecular weight excluding hydrogens is 671 g/mol. The number of furan rings is 1. The molecule has 8 aromatic carbocycles. The molecule has 4 heteroatoms. The Balaban J connectivity index is 1.18. The van der Waals surface area contributed by atoms with Gasteiger partial charge in [0.15, 0.2) is 17.5 Å². The first-order chi connectivity index (χ1) is 27.2. The van der Waals surface area contributed by atoms with E-state index in [2.05, 4.69) is 170 Å². The minimum absolute atomic E-state index is 0.582. The van der Waals surface area contributed by atoms with Gasteiger partial charge in [0, 0.05) is 27.5 Å². The van der Waals surface area contributed by atoms with Crippen LogP contribution in [0.2, 0.25) is 0 Å². The van der Waals surface area contributed by atoms with Gasteiger partial charge in [-0.1, -0.05) is 182 Å². The van der Waals surface area contributed by atoms with Crippen LogP contribution >= 0.6 is 0 Å². The van der Waals surface area contributed by atoms with Gasteiger partial charge in [-0.3, -0.25) is 0 Å². The molecule has 2 aromatic heterocycles. The molecule has 0 fully saturated rings. The fraction of sp³-hybridized carbons (Fsp3) is 0. The quantitative estimate of drug-likeness (QED) is 0.166. The summed E-state index contributed by atoms with van der Waals surface area (Å²) in [6.07, 6.45) is 0. The van der Waals surface area contributed by atoms with Gasteiger partial charge in [-0.2, -0.15) is 0 Å². The maximum atomic E-state index is 6.45. The van der Waals surface area contributed by atoms with Gasteiger partial charge in [-0.05, 0) is 62.7 Å². The van der Waals surface area contributed by atoms with Gasteiger partial charge in [-0.15, -0.1) is 0 Å². The lowest BCUT2D eigenvalue weighted by molar-refractivity contribution is 0.669. The summed E-state index contributed by atoms with van der Waals surface area (Å²) in [5, 5.41) is 1.99. The Morgan fingerprint density at radius 3 is 1.15 bits per heavy atom. The van der Waals surface area contributed by atoms with Crippen molar-refractivity contribution in [2.75, 3.05) is 0 Å². The molecule has 2 heterocycles. The first-order valence-electron chi connectivity index (χ1n) is 18.4. The molecule has 0 bridgehead atoms. The van der Waals surface area contributed by atoms with Crippen molar-refractivity contribution in [1.82, 2.24) is 15.0 Å². The van der Waals surface area contributed by atoms with Crippen molar-refractivity contribution in [3.8, 4) is 78.7 Å². The smallest absolute Gasteiger partial charge is 0.165 e. The maximum absolute atomic E-state index is 6.45. The zero-order chi connectivity index (χ0) is 36.6. The van der Waals surface area contributed by atoms with E-state index in [-0.39, 0.29) is 0 Å². The number of para-hydroxylation sites is 1. The molecule has 0 amide bonds. The lowest BCUT2D eigenvalue weighted by Crippen LogP contribution is -2.01.